The number of aromatic nitrogens is 1. The summed E-state index contributed by atoms with van der Waals surface area (Å²) in [5.41, 5.74) is 12.8. The second kappa shape index (κ2) is 8.66. The van der Waals surface area contributed by atoms with Crippen molar-refractivity contribution in [2.45, 2.75) is 26.2 Å². The molecule has 0 unspecified atom stereocenters. The van der Waals surface area contributed by atoms with Gasteiger partial charge in [0.15, 0.2) is 11.8 Å². The van der Waals surface area contributed by atoms with E-state index in [2.05, 4.69) is 9.98 Å². The molecular formula is C19H22FN5O3. The van der Waals surface area contributed by atoms with Crippen LogP contribution in [0, 0.1) is 12.7 Å². The molecule has 1 amide bonds. The van der Waals surface area contributed by atoms with Crippen LogP contribution >= 0.6 is 0 Å². The Balaban J connectivity index is 1.53. The molecule has 28 heavy (non-hydrogen) atoms. The van der Waals surface area contributed by atoms with Crippen molar-refractivity contribution in [3.63, 3.8) is 0 Å². The van der Waals surface area contributed by atoms with E-state index in [1.54, 1.807) is 24.4 Å². The lowest BCUT2D eigenvalue weighted by molar-refractivity contribution is 0.0218. The average Bonchev–Trinajstić information content (AvgIpc) is 2.61. The largest absolute Gasteiger partial charge is 0.443 e. The van der Waals surface area contributed by atoms with Crippen molar-refractivity contribution in [2.75, 3.05) is 18.0 Å². The van der Waals surface area contributed by atoms with E-state index < -0.39 is 17.9 Å². The third-order valence-corrected chi connectivity index (χ3v) is 4.41. The third-order valence-electron chi connectivity index (χ3n) is 4.41. The molecule has 1 aromatic heterocycles. The van der Waals surface area contributed by atoms with Crippen LogP contribution in [0.5, 0.6) is 0 Å². The maximum absolute atomic E-state index is 14.7. The van der Waals surface area contributed by atoms with E-state index in [4.69, 9.17) is 20.9 Å². The first-order chi connectivity index (χ1) is 13.4. The number of nitrogens with two attached hydrogens (primary N) is 2. The molecule has 2 heterocycles. The van der Waals surface area contributed by atoms with Crippen molar-refractivity contribution in [3.05, 3.63) is 59.2 Å². The maximum atomic E-state index is 14.7. The average molecular weight is 387 g/mol. The molecule has 0 radical (unpaired) electrons. The van der Waals surface area contributed by atoms with Gasteiger partial charge in [0.1, 0.15) is 6.61 Å². The zero-order valence-electron chi connectivity index (χ0n) is 15.5. The third kappa shape index (κ3) is 4.74. The molecule has 1 aromatic carbocycles. The van der Waals surface area contributed by atoms with Gasteiger partial charge in [0.25, 0.3) is 0 Å². The highest BCUT2D eigenvalue weighted by atomic mass is 19.1. The second-order valence-corrected chi connectivity index (χ2v) is 6.43. The fourth-order valence-electron chi connectivity index (χ4n) is 2.82. The van der Waals surface area contributed by atoms with Gasteiger partial charge in [-0.1, -0.05) is 18.2 Å². The molecule has 0 saturated carbocycles. The van der Waals surface area contributed by atoms with Crippen molar-refractivity contribution >= 4 is 17.7 Å². The zero-order chi connectivity index (χ0) is 20.1. The highest BCUT2D eigenvalue weighted by Crippen LogP contribution is 2.28. The van der Waals surface area contributed by atoms with E-state index in [1.165, 1.54) is 0 Å². The van der Waals surface area contributed by atoms with E-state index in [1.807, 2.05) is 24.0 Å². The van der Waals surface area contributed by atoms with Crippen LogP contribution in [0.15, 0.2) is 41.5 Å². The van der Waals surface area contributed by atoms with Crippen LogP contribution < -0.4 is 16.4 Å². The predicted octanol–water partition coefficient (Wildman–Crippen LogP) is 1.84. The Morgan fingerprint density at radius 3 is 2.71 bits per heavy atom. The Kier molecular flexibility index (Phi) is 6.05. The van der Waals surface area contributed by atoms with Crippen LogP contribution in [0.25, 0.3) is 0 Å². The van der Waals surface area contributed by atoms with Crippen LogP contribution in [-0.4, -0.2) is 36.2 Å². The number of aliphatic imine (C=N–C) groups is 1. The van der Waals surface area contributed by atoms with Gasteiger partial charge in [-0.05, 0) is 24.6 Å². The predicted molar refractivity (Wildman–Crippen MR) is 102 cm³/mol. The lowest BCUT2D eigenvalue weighted by Crippen LogP contribution is -2.52. The number of benzene rings is 1. The molecule has 0 bridgehead atoms. The van der Waals surface area contributed by atoms with Crippen molar-refractivity contribution < 1.29 is 18.7 Å². The number of hydrogen-bond acceptors (Lipinski definition) is 5. The molecule has 8 nitrogen and oxygen atoms in total. The quantitative estimate of drug-likeness (QED) is 0.574. The smallest absolute Gasteiger partial charge is 0.437 e. The van der Waals surface area contributed by atoms with Gasteiger partial charge in [-0.2, -0.15) is 0 Å². The van der Waals surface area contributed by atoms with Gasteiger partial charge in [0.05, 0.1) is 18.4 Å². The van der Waals surface area contributed by atoms with Crippen LogP contribution in [0.4, 0.5) is 14.9 Å². The number of carbonyl (C=O) groups excluding carboxylic acids is 1. The topological polar surface area (TPSA) is 116 Å². The van der Waals surface area contributed by atoms with Gasteiger partial charge in [-0.15, -0.1) is 4.99 Å². The van der Waals surface area contributed by atoms with Crippen molar-refractivity contribution in [3.8, 4) is 0 Å². The molecule has 1 fully saturated rings. The monoisotopic (exact) mass is 387 g/mol. The van der Waals surface area contributed by atoms with Gasteiger partial charge in [-0.3, -0.25) is 4.98 Å². The minimum atomic E-state index is -0.965. The maximum Gasteiger partial charge on any atom is 0.437 e. The summed E-state index contributed by atoms with van der Waals surface area (Å²) in [6, 6.07) is 8.78. The molecule has 3 rings (SSSR count). The summed E-state index contributed by atoms with van der Waals surface area (Å²) < 4.78 is 25.4. The van der Waals surface area contributed by atoms with Gasteiger partial charge >= 0.3 is 6.09 Å². The summed E-state index contributed by atoms with van der Waals surface area (Å²) in [6.45, 7) is 3.30. The number of aryl methyl sites for hydroxylation is 1. The van der Waals surface area contributed by atoms with E-state index in [-0.39, 0.29) is 18.3 Å². The molecule has 0 aliphatic carbocycles. The Hall–Kier alpha value is -3.20. The number of guanidine groups is 1. The van der Waals surface area contributed by atoms with Gasteiger partial charge in [0, 0.05) is 30.5 Å². The molecule has 1 saturated heterocycles. The molecule has 0 spiro atoms. The number of rotatable bonds is 6. The summed E-state index contributed by atoms with van der Waals surface area (Å²) in [5.74, 6) is -0.853. The second-order valence-electron chi connectivity index (χ2n) is 6.43. The molecular weight excluding hydrogens is 365 g/mol. The summed E-state index contributed by atoms with van der Waals surface area (Å²) in [7, 11) is 0. The number of amides is 1. The molecule has 9 heteroatoms. The number of nitrogens with zero attached hydrogens (tertiary/aromatic N) is 3. The molecule has 1 aliphatic heterocycles. The first-order valence-corrected chi connectivity index (χ1v) is 8.75. The summed E-state index contributed by atoms with van der Waals surface area (Å²) in [4.78, 5) is 20.7. The van der Waals surface area contributed by atoms with Crippen LogP contribution in [0.3, 0.4) is 0 Å². The minimum Gasteiger partial charge on any atom is -0.443 e. The highest BCUT2D eigenvalue weighted by molar-refractivity contribution is 5.87. The summed E-state index contributed by atoms with van der Waals surface area (Å²) in [5, 5.41) is 0. The Labute approximate surface area is 162 Å². The van der Waals surface area contributed by atoms with E-state index >= 15 is 0 Å². The first kappa shape index (κ1) is 19.6. The molecule has 2 aromatic rings. The van der Waals surface area contributed by atoms with Crippen LogP contribution in [0.2, 0.25) is 0 Å². The number of anilines is 1. The number of pyridine rings is 1. The molecule has 4 N–H and O–H groups in total. The van der Waals surface area contributed by atoms with Gasteiger partial charge < -0.3 is 25.8 Å². The van der Waals surface area contributed by atoms with E-state index in [0.29, 0.717) is 25.4 Å². The molecule has 148 valence electrons. The lowest BCUT2D eigenvalue weighted by atomic mass is 10.1. The summed E-state index contributed by atoms with van der Waals surface area (Å²) in [6.07, 6.45) is 0.796. The summed E-state index contributed by atoms with van der Waals surface area (Å²) >= 11 is 0. The number of hydrogen-bond donors (Lipinski definition) is 2. The lowest BCUT2D eigenvalue weighted by Gasteiger charge is -2.41. The molecule has 1 aliphatic rings. The molecule has 0 atom stereocenters. The Morgan fingerprint density at radius 2 is 2.00 bits per heavy atom. The number of ether oxygens (including phenoxy) is 2. The standard InChI is InChI=1S/C19H22FN5O3/c1-12-13(5-3-7-23-12)10-27-15-8-25(9-15)16-6-2-4-14(17(16)20)11-28-19(26)24-18(21)22/h2-7,15H,8-11H2,1H3,(H4,21,22,24,26). The number of carbonyl (C=O) groups is 1. The minimum absolute atomic E-state index is 0.0161. The van der Waals surface area contributed by atoms with Crippen molar-refractivity contribution in [1.82, 2.24) is 4.98 Å². The first-order valence-electron chi connectivity index (χ1n) is 8.75. The van der Waals surface area contributed by atoms with E-state index in [9.17, 15) is 9.18 Å². The zero-order valence-corrected chi connectivity index (χ0v) is 15.5. The van der Waals surface area contributed by atoms with Gasteiger partial charge in [-0.25, -0.2) is 9.18 Å². The SMILES string of the molecule is Cc1ncccc1COC1CN(c2cccc(COC(=O)N=C(N)N)c2F)C1. The fraction of sp³-hybridized carbons (Fsp3) is 0.316. The Morgan fingerprint density at radius 1 is 1.25 bits per heavy atom. The van der Waals surface area contributed by atoms with Crippen LogP contribution in [-0.2, 0) is 22.7 Å². The van der Waals surface area contributed by atoms with Crippen molar-refractivity contribution in [2.24, 2.45) is 16.5 Å². The Bertz CT molecular complexity index is 880. The van der Waals surface area contributed by atoms with Crippen molar-refractivity contribution in [1.29, 1.82) is 0 Å². The van der Waals surface area contributed by atoms with Gasteiger partial charge in [0.2, 0.25) is 0 Å². The van der Waals surface area contributed by atoms with Crippen LogP contribution in [0.1, 0.15) is 16.8 Å². The van der Waals surface area contributed by atoms with E-state index in [0.717, 1.165) is 11.3 Å². The normalized spacial score (nSPS) is 13.7. The number of halogens is 1. The fourth-order valence-corrected chi connectivity index (χ4v) is 2.82. The highest BCUT2D eigenvalue weighted by Gasteiger charge is 2.30.